The molecule has 3 N–H and O–H groups in total. The number of aryl methyl sites for hydroxylation is 1. The Labute approximate surface area is 139 Å². The van der Waals surface area contributed by atoms with E-state index < -0.39 is 12.1 Å². The first-order chi connectivity index (χ1) is 10.5. The van der Waals surface area contributed by atoms with Gasteiger partial charge >= 0.3 is 6.03 Å². The maximum Gasteiger partial charge on any atom is 0.321 e. The number of imide groups is 1. The fourth-order valence-corrected chi connectivity index (χ4v) is 2.81. The van der Waals surface area contributed by atoms with E-state index in [1.165, 1.54) is 0 Å². The summed E-state index contributed by atoms with van der Waals surface area (Å²) >= 11 is 3.44. The van der Waals surface area contributed by atoms with Crippen molar-refractivity contribution in [2.75, 3.05) is 5.32 Å². The number of hydrogen-bond acceptors (Lipinski definition) is 3. The average molecular weight is 368 g/mol. The second kappa shape index (κ2) is 7.63. The van der Waals surface area contributed by atoms with Crippen molar-refractivity contribution in [2.24, 2.45) is 0 Å². The van der Waals surface area contributed by atoms with Crippen molar-refractivity contribution in [3.8, 4) is 0 Å². The summed E-state index contributed by atoms with van der Waals surface area (Å²) in [5, 5.41) is 8.33. The number of carbonyl (C=O) groups excluding carboxylic acids is 2. The highest BCUT2D eigenvalue weighted by molar-refractivity contribution is 9.10. The number of anilines is 1. The fourth-order valence-electron chi connectivity index (χ4n) is 2.56. The van der Waals surface area contributed by atoms with Gasteiger partial charge in [0.2, 0.25) is 5.91 Å². The molecule has 2 rings (SSSR count). The first-order valence-electron chi connectivity index (χ1n) is 7.60. The lowest BCUT2D eigenvalue weighted by atomic mass is 10.2. The van der Waals surface area contributed by atoms with E-state index in [0.29, 0.717) is 0 Å². The van der Waals surface area contributed by atoms with Gasteiger partial charge in [0, 0.05) is 16.2 Å². The lowest BCUT2D eigenvalue weighted by molar-refractivity contribution is -0.120. The standard InChI is InChI=1S/C16H22BrN3O2/c1-10-9-13(7-8-14(10)17)18-11(2)15(21)20-16(22)19-12-5-3-4-6-12/h7-9,11-12,18H,3-6H2,1-2H3,(H2,19,20,21,22)/t11-/m0/s1. The summed E-state index contributed by atoms with van der Waals surface area (Å²) < 4.78 is 1.02. The number of nitrogens with one attached hydrogen (secondary N) is 3. The van der Waals surface area contributed by atoms with Crippen LogP contribution in [0.15, 0.2) is 22.7 Å². The van der Waals surface area contributed by atoms with Crippen molar-refractivity contribution in [1.82, 2.24) is 10.6 Å². The summed E-state index contributed by atoms with van der Waals surface area (Å²) in [5.74, 6) is -0.337. The highest BCUT2D eigenvalue weighted by atomic mass is 79.9. The molecule has 0 aromatic heterocycles. The molecule has 5 nitrogen and oxygen atoms in total. The first kappa shape index (κ1) is 16.8. The third-order valence-corrected chi connectivity index (χ3v) is 4.75. The van der Waals surface area contributed by atoms with Crippen molar-refractivity contribution in [3.63, 3.8) is 0 Å². The quantitative estimate of drug-likeness (QED) is 0.764. The van der Waals surface area contributed by atoms with Crippen molar-refractivity contribution in [2.45, 2.75) is 51.6 Å². The number of hydrogen-bond donors (Lipinski definition) is 3. The Bertz CT molecular complexity index is 556. The molecule has 0 spiro atoms. The van der Waals surface area contributed by atoms with E-state index in [1.807, 2.05) is 25.1 Å². The van der Waals surface area contributed by atoms with E-state index in [9.17, 15) is 9.59 Å². The van der Waals surface area contributed by atoms with Crippen molar-refractivity contribution >= 4 is 33.6 Å². The Balaban J connectivity index is 1.83. The van der Waals surface area contributed by atoms with Gasteiger partial charge in [0.15, 0.2) is 0 Å². The molecule has 0 aliphatic heterocycles. The van der Waals surface area contributed by atoms with Crippen LogP contribution in [0.4, 0.5) is 10.5 Å². The zero-order valence-electron chi connectivity index (χ0n) is 12.9. The van der Waals surface area contributed by atoms with Crippen molar-refractivity contribution in [3.05, 3.63) is 28.2 Å². The molecular weight excluding hydrogens is 346 g/mol. The summed E-state index contributed by atoms with van der Waals surface area (Å²) in [6.45, 7) is 3.71. The van der Waals surface area contributed by atoms with Gasteiger partial charge in [-0.2, -0.15) is 0 Å². The van der Waals surface area contributed by atoms with Crippen LogP contribution in [0.3, 0.4) is 0 Å². The molecule has 1 aromatic carbocycles. The first-order valence-corrected chi connectivity index (χ1v) is 8.39. The highest BCUT2D eigenvalue weighted by Gasteiger charge is 2.20. The molecule has 22 heavy (non-hydrogen) atoms. The zero-order valence-corrected chi connectivity index (χ0v) is 14.5. The van der Waals surface area contributed by atoms with Gasteiger partial charge in [0.05, 0.1) is 0 Å². The summed E-state index contributed by atoms with van der Waals surface area (Å²) in [7, 11) is 0. The fraction of sp³-hybridized carbons (Fsp3) is 0.500. The third kappa shape index (κ3) is 4.73. The van der Waals surface area contributed by atoms with Crippen LogP contribution in [0.5, 0.6) is 0 Å². The van der Waals surface area contributed by atoms with Gasteiger partial charge in [-0.25, -0.2) is 4.79 Å². The Morgan fingerprint density at radius 3 is 2.59 bits per heavy atom. The van der Waals surface area contributed by atoms with Crippen LogP contribution < -0.4 is 16.0 Å². The summed E-state index contributed by atoms with van der Waals surface area (Å²) in [6.07, 6.45) is 4.26. The predicted octanol–water partition coefficient (Wildman–Crippen LogP) is 3.33. The van der Waals surface area contributed by atoms with E-state index in [0.717, 1.165) is 41.4 Å². The predicted molar refractivity (Wildman–Crippen MR) is 90.9 cm³/mol. The summed E-state index contributed by atoms with van der Waals surface area (Å²) in [4.78, 5) is 23.8. The number of carbonyl (C=O) groups is 2. The number of urea groups is 1. The summed E-state index contributed by atoms with van der Waals surface area (Å²) in [5.41, 5.74) is 1.93. The minimum absolute atomic E-state index is 0.199. The van der Waals surface area contributed by atoms with E-state index in [2.05, 4.69) is 31.9 Å². The van der Waals surface area contributed by atoms with Crippen LogP contribution in [0.25, 0.3) is 0 Å². The van der Waals surface area contributed by atoms with Gasteiger partial charge in [0.25, 0.3) is 0 Å². The normalized spacial score (nSPS) is 16.1. The summed E-state index contributed by atoms with van der Waals surface area (Å²) in [6, 6.07) is 5.07. The Morgan fingerprint density at radius 1 is 1.27 bits per heavy atom. The topological polar surface area (TPSA) is 70.2 Å². The lowest BCUT2D eigenvalue weighted by Crippen LogP contribution is -2.48. The molecule has 0 saturated heterocycles. The van der Waals surface area contributed by atoms with Crippen LogP contribution in [0.2, 0.25) is 0 Å². The molecule has 0 radical (unpaired) electrons. The Morgan fingerprint density at radius 2 is 1.95 bits per heavy atom. The van der Waals surface area contributed by atoms with Crippen LogP contribution in [-0.2, 0) is 4.79 Å². The van der Waals surface area contributed by atoms with Gasteiger partial charge in [-0.1, -0.05) is 28.8 Å². The Hall–Kier alpha value is -1.56. The van der Waals surface area contributed by atoms with Crippen LogP contribution >= 0.6 is 15.9 Å². The number of benzene rings is 1. The Kier molecular flexibility index (Phi) is 5.83. The second-order valence-electron chi connectivity index (χ2n) is 5.77. The maximum atomic E-state index is 12.0. The van der Waals surface area contributed by atoms with E-state index in [-0.39, 0.29) is 11.9 Å². The van der Waals surface area contributed by atoms with Crippen molar-refractivity contribution in [1.29, 1.82) is 0 Å². The van der Waals surface area contributed by atoms with Crippen LogP contribution in [0, 0.1) is 6.92 Å². The molecule has 1 aromatic rings. The monoisotopic (exact) mass is 367 g/mol. The SMILES string of the molecule is Cc1cc(N[C@@H](C)C(=O)NC(=O)NC2CCCC2)ccc1Br. The average Bonchev–Trinajstić information content (AvgIpc) is 2.95. The van der Waals surface area contributed by atoms with Gasteiger partial charge in [-0.05, 0) is 50.5 Å². The van der Waals surface area contributed by atoms with Crippen LogP contribution in [-0.4, -0.2) is 24.0 Å². The van der Waals surface area contributed by atoms with Gasteiger partial charge < -0.3 is 10.6 Å². The third-order valence-electron chi connectivity index (χ3n) is 3.86. The minimum atomic E-state index is -0.491. The molecule has 1 aliphatic carbocycles. The molecule has 0 bridgehead atoms. The number of amides is 3. The largest absolute Gasteiger partial charge is 0.374 e. The number of halogens is 1. The van der Waals surface area contributed by atoms with E-state index in [1.54, 1.807) is 6.92 Å². The number of rotatable bonds is 4. The molecule has 6 heteroatoms. The van der Waals surface area contributed by atoms with Gasteiger partial charge in [0.1, 0.15) is 6.04 Å². The van der Waals surface area contributed by atoms with E-state index in [4.69, 9.17) is 0 Å². The van der Waals surface area contributed by atoms with Crippen molar-refractivity contribution < 1.29 is 9.59 Å². The maximum absolute atomic E-state index is 12.0. The van der Waals surface area contributed by atoms with E-state index >= 15 is 0 Å². The molecule has 1 fully saturated rings. The zero-order chi connectivity index (χ0) is 16.1. The lowest BCUT2D eigenvalue weighted by Gasteiger charge is -2.17. The molecular formula is C16H22BrN3O2. The molecule has 0 heterocycles. The second-order valence-corrected chi connectivity index (χ2v) is 6.63. The molecule has 3 amide bonds. The molecule has 1 atom stereocenters. The van der Waals surface area contributed by atoms with Crippen LogP contribution in [0.1, 0.15) is 38.2 Å². The highest BCUT2D eigenvalue weighted by Crippen LogP contribution is 2.20. The van der Waals surface area contributed by atoms with Gasteiger partial charge in [-0.15, -0.1) is 0 Å². The molecule has 0 unspecified atom stereocenters. The van der Waals surface area contributed by atoms with Gasteiger partial charge in [-0.3, -0.25) is 10.1 Å². The smallest absolute Gasteiger partial charge is 0.321 e. The molecule has 1 saturated carbocycles. The molecule has 120 valence electrons. The molecule has 1 aliphatic rings. The minimum Gasteiger partial charge on any atom is -0.374 e.